The molecule has 2 aromatic heterocycles. The molecular formula is C28H26Cl2N6O2. The van der Waals surface area contributed by atoms with Gasteiger partial charge in [-0.05, 0) is 68.4 Å². The van der Waals surface area contributed by atoms with Crippen molar-refractivity contribution < 1.29 is 9.53 Å². The van der Waals surface area contributed by atoms with Crippen LogP contribution < -0.4 is 15.4 Å². The average molecular weight is 549 g/mol. The Morgan fingerprint density at radius 2 is 1.92 bits per heavy atom. The molecule has 38 heavy (non-hydrogen) atoms. The van der Waals surface area contributed by atoms with Crippen molar-refractivity contribution in [3.63, 3.8) is 0 Å². The standard InChI is InChI=1S/C28H26Cl2N6O2/c29-21-16-19(8-11-24(21)38-17-20-6-1-2-12-31-20)34-28-26-22(32-18-33-28)9-10-23(27(26)30)35-25(37)7-5-15-36-13-3-4-14-36/h1-2,5-12,16,18H,3-4,13-15,17H2,(H,35,37)(H,32,33,34)/b7-5+. The Bertz CT molecular complexity index is 1460. The van der Waals surface area contributed by atoms with Gasteiger partial charge < -0.3 is 15.4 Å². The zero-order valence-corrected chi connectivity index (χ0v) is 22.0. The highest BCUT2D eigenvalue weighted by molar-refractivity contribution is 6.39. The van der Waals surface area contributed by atoms with Gasteiger partial charge in [0.15, 0.2) is 0 Å². The largest absolute Gasteiger partial charge is 0.486 e. The molecule has 1 aliphatic rings. The number of nitrogens with one attached hydrogen (secondary N) is 2. The maximum atomic E-state index is 12.5. The van der Waals surface area contributed by atoms with Crippen molar-refractivity contribution >= 4 is 57.2 Å². The normalized spacial score (nSPS) is 13.7. The number of carbonyl (C=O) groups is 1. The van der Waals surface area contributed by atoms with Crippen LogP contribution in [-0.4, -0.2) is 45.4 Å². The maximum absolute atomic E-state index is 12.5. The second kappa shape index (κ2) is 12.2. The Morgan fingerprint density at radius 3 is 2.71 bits per heavy atom. The number of hydrogen-bond acceptors (Lipinski definition) is 7. The molecule has 0 unspecified atom stereocenters. The highest BCUT2D eigenvalue weighted by atomic mass is 35.5. The fourth-order valence-corrected chi connectivity index (χ4v) is 4.75. The summed E-state index contributed by atoms with van der Waals surface area (Å²) < 4.78 is 5.81. The second-order valence-corrected chi connectivity index (χ2v) is 9.61. The van der Waals surface area contributed by atoms with Crippen LogP contribution in [0.4, 0.5) is 17.2 Å². The van der Waals surface area contributed by atoms with Gasteiger partial charge in [-0.25, -0.2) is 9.97 Å². The molecule has 4 aromatic rings. The fourth-order valence-electron chi connectivity index (χ4n) is 4.22. The number of pyridine rings is 1. The van der Waals surface area contributed by atoms with E-state index in [-0.39, 0.29) is 5.91 Å². The topological polar surface area (TPSA) is 92.3 Å². The number of hydrogen-bond donors (Lipinski definition) is 2. The van der Waals surface area contributed by atoms with E-state index in [0.29, 0.717) is 50.5 Å². The van der Waals surface area contributed by atoms with Crippen molar-refractivity contribution in [2.75, 3.05) is 30.3 Å². The highest BCUT2D eigenvalue weighted by Gasteiger charge is 2.15. The third-order valence-corrected chi connectivity index (χ3v) is 6.81. The van der Waals surface area contributed by atoms with Crippen LogP contribution in [0.2, 0.25) is 10.0 Å². The summed E-state index contributed by atoms with van der Waals surface area (Å²) in [5.74, 6) is 0.778. The van der Waals surface area contributed by atoms with Crippen LogP contribution in [-0.2, 0) is 11.4 Å². The lowest BCUT2D eigenvalue weighted by Crippen LogP contribution is -2.19. The molecule has 0 spiro atoms. The first-order chi connectivity index (χ1) is 18.6. The molecule has 8 nitrogen and oxygen atoms in total. The first kappa shape index (κ1) is 25.9. The predicted molar refractivity (Wildman–Crippen MR) is 151 cm³/mol. The molecule has 0 aliphatic carbocycles. The van der Waals surface area contributed by atoms with E-state index in [2.05, 4.69) is 30.5 Å². The SMILES string of the molecule is O=C(/C=C/CN1CCCC1)Nc1ccc2ncnc(Nc3ccc(OCc4ccccn4)c(Cl)c3)c2c1Cl. The fraction of sp³-hybridized carbons (Fsp3) is 0.214. The minimum absolute atomic E-state index is 0.245. The number of halogens is 2. The van der Waals surface area contributed by atoms with Crippen molar-refractivity contribution in [1.82, 2.24) is 19.9 Å². The second-order valence-electron chi connectivity index (χ2n) is 8.82. The molecule has 0 saturated carbocycles. The average Bonchev–Trinajstić information content (AvgIpc) is 3.44. The van der Waals surface area contributed by atoms with Crippen LogP contribution in [0.25, 0.3) is 10.9 Å². The molecule has 10 heteroatoms. The Hall–Kier alpha value is -3.72. The van der Waals surface area contributed by atoms with Gasteiger partial charge in [-0.3, -0.25) is 14.7 Å². The summed E-state index contributed by atoms with van der Waals surface area (Å²) in [6.45, 7) is 3.21. The zero-order valence-electron chi connectivity index (χ0n) is 20.5. The zero-order chi connectivity index (χ0) is 26.3. The quantitative estimate of drug-likeness (QED) is 0.239. The lowest BCUT2D eigenvalue weighted by atomic mass is 10.2. The van der Waals surface area contributed by atoms with E-state index >= 15 is 0 Å². The molecule has 2 aromatic carbocycles. The van der Waals surface area contributed by atoms with Crippen molar-refractivity contribution in [2.24, 2.45) is 0 Å². The minimum Gasteiger partial charge on any atom is -0.486 e. The van der Waals surface area contributed by atoms with Gasteiger partial charge in [0, 0.05) is 24.5 Å². The van der Waals surface area contributed by atoms with E-state index in [1.807, 2.05) is 30.3 Å². The smallest absolute Gasteiger partial charge is 0.248 e. The van der Waals surface area contributed by atoms with E-state index in [0.717, 1.165) is 25.3 Å². The van der Waals surface area contributed by atoms with Crippen LogP contribution in [0.1, 0.15) is 18.5 Å². The number of likely N-dealkylation sites (tertiary alicyclic amines) is 1. The van der Waals surface area contributed by atoms with Crippen molar-refractivity contribution in [3.8, 4) is 5.75 Å². The lowest BCUT2D eigenvalue weighted by molar-refractivity contribution is -0.111. The summed E-state index contributed by atoms with van der Waals surface area (Å²) >= 11 is 13.2. The number of fused-ring (bicyclic) bond motifs is 1. The summed E-state index contributed by atoms with van der Waals surface area (Å²) in [6.07, 6.45) is 9.00. The van der Waals surface area contributed by atoms with Crippen molar-refractivity contribution in [2.45, 2.75) is 19.4 Å². The number of anilines is 3. The third-order valence-electron chi connectivity index (χ3n) is 6.13. The van der Waals surface area contributed by atoms with Crippen molar-refractivity contribution in [1.29, 1.82) is 0 Å². The van der Waals surface area contributed by atoms with Gasteiger partial charge in [-0.2, -0.15) is 0 Å². The summed E-state index contributed by atoms with van der Waals surface area (Å²) in [4.78, 5) is 27.8. The van der Waals surface area contributed by atoms with E-state index in [1.165, 1.54) is 19.2 Å². The number of amides is 1. The number of ether oxygens (including phenoxy) is 1. The molecule has 1 fully saturated rings. The molecule has 3 heterocycles. The molecule has 5 rings (SSSR count). The van der Waals surface area contributed by atoms with Gasteiger partial charge in [-0.15, -0.1) is 0 Å². The van der Waals surface area contributed by atoms with Crippen LogP contribution >= 0.6 is 23.2 Å². The molecule has 194 valence electrons. The molecule has 1 aliphatic heterocycles. The van der Waals surface area contributed by atoms with Gasteiger partial charge in [0.25, 0.3) is 0 Å². The molecule has 1 saturated heterocycles. The summed E-state index contributed by atoms with van der Waals surface area (Å²) in [7, 11) is 0. The number of carbonyl (C=O) groups excluding carboxylic acids is 1. The number of nitrogens with zero attached hydrogens (tertiary/aromatic N) is 4. The lowest BCUT2D eigenvalue weighted by Gasteiger charge is -2.14. The Balaban J connectivity index is 1.30. The Kier molecular flexibility index (Phi) is 8.33. The third kappa shape index (κ3) is 6.39. The first-order valence-corrected chi connectivity index (χ1v) is 13.0. The molecule has 1 amide bonds. The summed E-state index contributed by atoms with van der Waals surface area (Å²) in [6, 6.07) is 14.5. The molecule has 0 radical (unpaired) electrons. The van der Waals surface area contributed by atoms with E-state index < -0.39 is 0 Å². The molecule has 0 bridgehead atoms. The predicted octanol–water partition coefficient (Wildman–Crippen LogP) is 6.24. The van der Waals surface area contributed by atoms with Crippen molar-refractivity contribution in [3.05, 3.63) is 88.9 Å². The van der Waals surface area contributed by atoms with Gasteiger partial charge >= 0.3 is 0 Å². The highest BCUT2D eigenvalue weighted by Crippen LogP contribution is 2.36. The van der Waals surface area contributed by atoms with Gasteiger partial charge in [0.1, 0.15) is 24.5 Å². The van der Waals surface area contributed by atoms with Gasteiger partial charge in [-0.1, -0.05) is 35.3 Å². The van der Waals surface area contributed by atoms with Gasteiger partial charge in [0.2, 0.25) is 5.91 Å². The van der Waals surface area contributed by atoms with E-state index in [1.54, 1.807) is 36.5 Å². The first-order valence-electron chi connectivity index (χ1n) is 12.3. The van der Waals surface area contributed by atoms with Crippen LogP contribution in [0.5, 0.6) is 5.75 Å². The Labute approximate surface area is 230 Å². The van der Waals surface area contributed by atoms with Crippen LogP contribution in [0, 0.1) is 0 Å². The van der Waals surface area contributed by atoms with E-state index in [4.69, 9.17) is 27.9 Å². The minimum atomic E-state index is -0.245. The molecule has 2 N–H and O–H groups in total. The molecular weight excluding hydrogens is 523 g/mol. The number of aromatic nitrogens is 3. The monoisotopic (exact) mass is 548 g/mol. The summed E-state index contributed by atoms with van der Waals surface area (Å²) in [5, 5.41) is 7.47. The maximum Gasteiger partial charge on any atom is 0.248 e. The van der Waals surface area contributed by atoms with Crippen LogP contribution in [0.3, 0.4) is 0 Å². The molecule has 0 atom stereocenters. The van der Waals surface area contributed by atoms with Gasteiger partial charge in [0.05, 0.1) is 32.3 Å². The number of rotatable bonds is 9. The van der Waals surface area contributed by atoms with E-state index in [9.17, 15) is 4.79 Å². The number of benzene rings is 2. The summed E-state index contributed by atoms with van der Waals surface area (Å²) in [5.41, 5.74) is 2.61. The van der Waals surface area contributed by atoms with Crippen LogP contribution in [0.15, 0.2) is 73.2 Å². The Morgan fingerprint density at radius 1 is 1.05 bits per heavy atom.